The quantitative estimate of drug-likeness (QED) is 0.798. The number of amides is 1. The Balaban J connectivity index is 2.49. The summed E-state index contributed by atoms with van der Waals surface area (Å²) in [5.41, 5.74) is 8.11. The summed E-state index contributed by atoms with van der Waals surface area (Å²) in [7, 11) is 1.89. The monoisotopic (exact) mass is 290 g/mol. The van der Waals surface area contributed by atoms with Gasteiger partial charge >= 0.3 is 0 Å². The normalized spacial score (nSPS) is 12.5. The third-order valence-corrected chi connectivity index (χ3v) is 4.30. The Labute approximate surface area is 129 Å². The van der Waals surface area contributed by atoms with Crippen LogP contribution < -0.4 is 5.73 Å². The van der Waals surface area contributed by atoms with Crippen molar-refractivity contribution in [2.45, 2.75) is 46.6 Å². The zero-order valence-electron chi connectivity index (χ0n) is 13.9. The highest BCUT2D eigenvalue weighted by Gasteiger charge is 2.16. The molecule has 0 aliphatic carbocycles. The summed E-state index contributed by atoms with van der Waals surface area (Å²) >= 11 is 0. The van der Waals surface area contributed by atoms with Gasteiger partial charge in [0.2, 0.25) is 5.91 Å². The first-order chi connectivity index (χ1) is 9.95. The summed E-state index contributed by atoms with van der Waals surface area (Å²) in [4.78, 5) is 14.1. The Kier molecular flexibility index (Phi) is 7.44. The number of hydrogen-bond acceptors (Lipinski definition) is 2. The third-order valence-electron chi connectivity index (χ3n) is 4.30. The highest BCUT2D eigenvalue weighted by Crippen LogP contribution is 2.21. The molecule has 0 fully saturated rings. The number of carbonyl (C=O) groups is 1. The van der Waals surface area contributed by atoms with Gasteiger partial charge in [-0.25, -0.2) is 0 Å². The lowest BCUT2D eigenvalue weighted by atomic mass is 9.88. The van der Waals surface area contributed by atoms with Crippen molar-refractivity contribution in [2.24, 2.45) is 17.6 Å². The molecule has 1 atom stereocenters. The maximum atomic E-state index is 12.3. The molecule has 0 aliphatic rings. The van der Waals surface area contributed by atoms with E-state index in [9.17, 15) is 4.79 Å². The number of nitrogens with two attached hydrogens (primary N) is 1. The first-order valence-corrected chi connectivity index (χ1v) is 7.94. The number of benzene rings is 1. The fourth-order valence-corrected chi connectivity index (χ4v) is 2.66. The van der Waals surface area contributed by atoms with Crippen molar-refractivity contribution in [3.05, 3.63) is 35.4 Å². The lowest BCUT2D eigenvalue weighted by Gasteiger charge is -2.22. The minimum atomic E-state index is 0.223. The van der Waals surface area contributed by atoms with Gasteiger partial charge in [0.25, 0.3) is 0 Å². The van der Waals surface area contributed by atoms with Crippen molar-refractivity contribution in [2.75, 3.05) is 13.6 Å². The molecule has 0 bridgehead atoms. The fourth-order valence-electron chi connectivity index (χ4n) is 2.66. The average Bonchev–Trinajstić information content (AvgIpc) is 2.45. The SMILES string of the molecule is Cc1ccccc1CN(C)C(=O)CCC(CCN)C(C)C. The fraction of sp³-hybridized carbons (Fsp3) is 0.611. The molecule has 0 aliphatic heterocycles. The van der Waals surface area contributed by atoms with Gasteiger partial charge in [-0.1, -0.05) is 38.1 Å². The number of rotatable bonds is 8. The smallest absolute Gasteiger partial charge is 0.222 e. The molecule has 1 aromatic carbocycles. The van der Waals surface area contributed by atoms with E-state index in [1.54, 1.807) is 0 Å². The molecule has 2 N–H and O–H groups in total. The number of nitrogens with zero attached hydrogens (tertiary/aromatic N) is 1. The van der Waals surface area contributed by atoms with Gasteiger partial charge in [0, 0.05) is 20.0 Å². The topological polar surface area (TPSA) is 46.3 Å². The second-order valence-electron chi connectivity index (χ2n) is 6.30. The van der Waals surface area contributed by atoms with Gasteiger partial charge in [0.15, 0.2) is 0 Å². The van der Waals surface area contributed by atoms with Crippen LogP contribution in [0.4, 0.5) is 0 Å². The van der Waals surface area contributed by atoms with Crippen molar-refractivity contribution < 1.29 is 4.79 Å². The highest BCUT2D eigenvalue weighted by atomic mass is 16.2. The van der Waals surface area contributed by atoms with E-state index in [1.807, 2.05) is 24.1 Å². The van der Waals surface area contributed by atoms with Crippen molar-refractivity contribution in [1.82, 2.24) is 4.90 Å². The molecular weight excluding hydrogens is 260 g/mol. The van der Waals surface area contributed by atoms with E-state index in [1.165, 1.54) is 11.1 Å². The molecule has 118 valence electrons. The van der Waals surface area contributed by atoms with Crippen LogP contribution in [0.5, 0.6) is 0 Å². The summed E-state index contributed by atoms with van der Waals surface area (Å²) < 4.78 is 0. The summed E-state index contributed by atoms with van der Waals surface area (Å²) in [5.74, 6) is 1.36. The Hall–Kier alpha value is -1.35. The minimum Gasteiger partial charge on any atom is -0.341 e. The van der Waals surface area contributed by atoms with Crippen molar-refractivity contribution in [1.29, 1.82) is 0 Å². The van der Waals surface area contributed by atoms with Crippen molar-refractivity contribution in [3.63, 3.8) is 0 Å². The van der Waals surface area contributed by atoms with Gasteiger partial charge < -0.3 is 10.6 Å². The molecule has 3 heteroatoms. The van der Waals surface area contributed by atoms with Gasteiger partial charge in [-0.2, -0.15) is 0 Å². The minimum absolute atomic E-state index is 0.223. The van der Waals surface area contributed by atoms with Crippen LogP contribution in [0.15, 0.2) is 24.3 Å². The molecule has 0 spiro atoms. The van der Waals surface area contributed by atoms with E-state index >= 15 is 0 Å². The Morgan fingerprint density at radius 1 is 1.24 bits per heavy atom. The number of hydrogen-bond donors (Lipinski definition) is 1. The molecule has 0 saturated carbocycles. The summed E-state index contributed by atoms with van der Waals surface area (Å²) in [6, 6.07) is 8.23. The van der Waals surface area contributed by atoms with E-state index in [0.29, 0.717) is 31.3 Å². The van der Waals surface area contributed by atoms with Gasteiger partial charge in [-0.3, -0.25) is 4.79 Å². The van der Waals surface area contributed by atoms with Crippen LogP contribution in [0.1, 0.15) is 44.2 Å². The average molecular weight is 290 g/mol. The molecule has 1 rings (SSSR count). The lowest BCUT2D eigenvalue weighted by molar-refractivity contribution is -0.130. The van der Waals surface area contributed by atoms with Crippen molar-refractivity contribution in [3.8, 4) is 0 Å². The molecule has 21 heavy (non-hydrogen) atoms. The lowest BCUT2D eigenvalue weighted by Crippen LogP contribution is -2.27. The molecular formula is C18H30N2O. The zero-order valence-corrected chi connectivity index (χ0v) is 13.9. The maximum Gasteiger partial charge on any atom is 0.222 e. The third kappa shape index (κ3) is 5.88. The van der Waals surface area contributed by atoms with E-state index in [2.05, 4.69) is 32.9 Å². The van der Waals surface area contributed by atoms with Gasteiger partial charge in [-0.15, -0.1) is 0 Å². The van der Waals surface area contributed by atoms with Crippen molar-refractivity contribution >= 4 is 5.91 Å². The number of aryl methyl sites for hydroxylation is 1. The largest absolute Gasteiger partial charge is 0.341 e. The van der Waals surface area contributed by atoms with Crippen LogP contribution in [-0.4, -0.2) is 24.4 Å². The molecule has 3 nitrogen and oxygen atoms in total. The number of carbonyl (C=O) groups excluding carboxylic acids is 1. The van der Waals surface area contributed by atoms with Crippen LogP contribution in [-0.2, 0) is 11.3 Å². The summed E-state index contributed by atoms with van der Waals surface area (Å²) in [5, 5.41) is 0. The first kappa shape index (κ1) is 17.7. The second kappa shape index (κ2) is 8.83. The van der Waals surface area contributed by atoms with E-state index in [0.717, 1.165) is 12.8 Å². The molecule has 1 aromatic rings. The van der Waals surface area contributed by atoms with E-state index < -0.39 is 0 Å². The van der Waals surface area contributed by atoms with E-state index in [4.69, 9.17) is 5.73 Å². The van der Waals surface area contributed by atoms with Crippen LogP contribution in [0, 0.1) is 18.8 Å². The Morgan fingerprint density at radius 3 is 2.48 bits per heavy atom. The van der Waals surface area contributed by atoms with Crippen LogP contribution in [0.25, 0.3) is 0 Å². The molecule has 0 aromatic heterocycles. The van der Waals surface area contributed by atoms with Gasteiger partial charge in [0.05, 0.1) is 0 Å². The van der Waals surface area contributed by atoms with Crippen LogP contribution in [0.2, 0.25) is 0 Å². The first-order valence-electron chi connectivity index (χ1n) is 7.94. The molecule has 0 saturated heterocycles. The van der Waals surface area contributed by atoms with Crippen LogP contribution >= 0.6 is 0 Å². The maximum absolute atomic E-state index is 12.3. The summed E-state index contributed by atoms with van der Waals surface area (Å²) in [6.07, 6.45) is 2.56. The Morgan fingerprint density at radius 2 is 1.90 bits per heavy atom. The standard InChI is InChI=1S/C18H30N2O/c1-14(2)16(11-12-19)9-10-18(21)20(4)13-17-8-6-5-7-15(17)3/h5-8,14,16H,9-13,19H2,1-4H3. The van der Waals surface area contributed by atoms with Gasteiger partial charge in [-0.05, 0) is 49.3 Å². The van der Waals surface area contributed by atoms with E-state index in [-0.39, 0.29) is 5.91 Å². The molecule has 1 unspecified atom stereocenters. The summed E-state index contributed by atoms with van der Waals surface area (Å²) in [6.45, 7) is 7.90. The molecule has 0 heterocycles. The predicted octanol–water partition coefficient (Wildman–Crippen LogP) is 3.35. The second-order valence-corrected chi connectivity index (χ2v) is 6.30. The Bertz CT molecular complexity index is 443. The zero-order chi connectivity index (χ0) is 15.8. The predicted molar refractivity (Wildman–Crippen MR) is 88.9 cm³/mol. The highest BCUT2D eigenvalue weighted by molar-refractivity contribution is 5.75. The van der Waals surface area contributed by atoms with Gasteiger partial charge in [0.1, 0.15) is 0 Å². The van der Waals surface area contributed by atoms with Crippen LogP contribution in [0.3, 0.4) is 0 Å². The molecule has 1 amide bonds. The molecule has 0 radical (unpaired) electrons.